The number of halogens is 2. The van der Waals surface area contributed by atoms with Crippen LogP contribution in [0.25, 0.3) is 0 Å². The molecule has 19 heavy (non-hydrogen) atoms. The molecule has 0 heterocycles. The Bertz CT molecular complexity index is 495. The summed E-state index contributed by atoms with van der Waals surface area (Å²) in [6.07, 6.45) is -4.95. The highest BCUT2D eigenvalue weighted by Crippen LogP contribution is 2.25. The molecule has 1 aromatic rings. The molecule has 0 radical (unpaired) electrons. The zero-order valence-corrected chi connectivity index (χ0v) is 9.42. The molecule has 0 fully saturated rings. The first-order chi connectivity index (χ1) is 8.82. The van der Waals surface area contributed by atoms with Crippen molar-refractivity contribution in [1.82, 2.24) is 0 Å². The Kier molecular flexibility index (Phi) is 4.70. The van der Waals surface area contributed by atoms with Gasteiger partial charge in [0, 0.05) is 12.6 Å². The van der Waals surface area contributed by atoms with Crippen molar-refractivity contribution in [1.29, 1.82) is 0 Å². The largest absolute Gasteiger partial charge is 0.478 e. The average molecular weight is 276 g/mol. The number of carboxylic acid groups (broad SMARTS) is 1. The van der Waals surface area contributed by atoms with Gasteiger partial charge in [0.05, 0.1) is 10.5 Å². The number of carboxylic acids is 1. The molecule has 7 nitrogen and oxygen atoms in total. The van der Waals surface area contributed by atoms with E-state index in [0.717, 1.165) is 18.2 Å². The summed E-state index contributed by atoms with van der Waals surface area (Å²) < 4.78 is 24.1. The van der Waals surface area contributed by atoms with Crippen molar-refractivity contribution in [2.75, 3.05) is 11.9 Å². The van der Waals surface area contributed by atoms with Gasteiger partial charge in [-0.15, -0.1) is 0 Å². The molecule has 0 aliphatic carbocycles. The predicted octanol–water partition coefficient (Wildman–Crippen LogP) is 1.33. The molecule has 0 bridgehead atoms. The summed E-state index contributed by atoms with van der Waals surface area (Å²) in [7, 11) is 0. The highest BCUT2D eigenvalue weighted by molar-refractivity contribution is 5.89. The summed E-state index contributed by atoms with van der Waals surface area (Å²) in [6.45, 7) is -0.592. The molecular weight excluding hydrogens is 266 g/mol. The number of anilines is 1. The Balaban J connectivity index is 2.94. The fourth-order valence-electron chi connectivity index (χ4n) is 1.27. The van der Waals surface area contributed by atoms with E-state index in [9.17, 15) is 23.7 Å². The summed E-state index contributed by atoms with van der Waals surface area (Å²) in [4.78, 5) is 20.6. The van der Waals surface area contributed by atoms with E-state index in [1.165, 1.54) is 0 Å². The van der Waals surface area contributed by atoms with Gasteiger partial charge < -0.3 is 15.5 Å². The Morgan fingerprint density at radius 3 is 2.58 bits per heavy atom. The Hall–Kier alpha value is -2.29. The fraction of sp³-hybridized carbons (Fsp3) is 0.300. The van der Waals surface area contributed by atoms with Gasteiger partial charge in [-0.25, -0.2) is 13.6 Å². The quantitative estimate of drug-likeness (QED) is 0.533. The molecule has 0 aliphatic heterocycles. The second-order valence-electron chi connectivity index (χ2n) is 3.58. The average Bonchev–Trinajstić information content (AvgIpc) is 2.35. The molecular formula is C10H10F2N2O5. The van der Waals surface area contributed by atoms with Crippen LogP contribution in [0.1, 0.15) is 10.4 Å². The molecule has 1 rings (SSSR count). The van der Waals surface area contributed by atoms with Crippen LogP contribution in [-0.2, 0) is 0 Å². The highest BCUT2D eigenvalue weighted by atomic mass is 19.3. The zero-order chi connectivity index (χ0) is 14.6. The molecule has 9 heteroatoms. The monoisotopic (exact) mass is 276 g/mol. The normalized spacial score (nSPS) is 12.2. The van der Waals surface area contributed by atoms with Gasteiger partial charge in [0.2, 0.25) is 0 Å². The number of hydrogen-bond acceptors (Lipinski definition) is 5. The van der Waals surface area contributed by atoms with Crippen LogP contribution in [0.4, 0.5) is 20.2 Å². The molecule has 0 saturated heterocycles. The van der Waals surface area contributed by atoms with E-state index in [0.29, 0.717) is 0 Å². The lowest BCUT2D eigenvalue weighted by atomic mass is 10.1. The summed E-state index contributed by atoms with van der Waals surface area (Å²) in [6, 6.07) is 2.98. The Morgan fingerprint density at radius 2 is 2.11 bits per heavy atom. The van der Waals surface area contributed by atoms with Crippen LogP contribution in [0.2, 0.25) is 0 Å². The summed E-state index contributed by atoms with van der Waals surface area (Å²) in [5, 5.41) is 30.6. The van der Waals surface area contributed by atoms with Gasteiger partial charge in [0.15, 0.2) is 0 Å². The lowest BCUT2D eigenvalue weighted by molar-refractivity contribution is -0.384. The van der Waals surface area contributed by atoms with Gasteiger partial charge in [-0.1, -0.05) is 0 Å². The van der Waals surface area contributed by atoms with E-state index in [4.69, 9.17) is 10.2 Å². The first-order valence-electron chi connectivity index (χ1n) is 5.04. The van der Waals surface area contributed by atoms with Crippen molar-refractivity contribution in [3.63, 3.8) is 0 Å². The molecule has 0 aliphatic rings. The highest BCUT2D eigenvalue weighted by Gasteiger charge is 2.20. The number of aromatic carboxylic acids is 1. The molecule has 104 valence electrons. The van der Waals surface area contributed by atoms with Crippen molar-refractivity contribution in [3.05, 3.63) is 33.9 Å². The summed E-state index contributed by atoms with van der Waals surface area (Å²) in [5.41, 5.74) is -1.01. The van der Waals surface area contributed by atoms with E-state index >= 15 is 0 Å². The van der Waals surface area contributed by atoms with Crippen molar-refractivity contribution < 1.29 is 28.7 Å². The number of benzene rings is 1. The van der Waals surface area contributed by atoms with E-state index in [1.54, 1.807) is 0 Å². The van der Waals surface area contributed by atoms with Crippen LogP contribution in [0.15, 0.2) is 18.2 Å². The smallest absolute Gasteiger partial charge is 0.335 e. The first kappa shape index (κ1) is 14.8. The summed E-state index contributed by atoms with van der Waals surface area (Å²) >= 11 is 0. The maximum Gasteiger partial charge on any atom is 0.335 e. The summed E-state index contributed by atoms with van der Waals surface area (Å²) in [5.74, 6) is -1.35. The topological polar surface area (TPSA) is 113 Å². The number of nitrogens with zero attached hydrogens (tertiary/aromatic N) is 1. The number of hydrogen-bond donors (Lipinski definition) is 3. The van der Waals surface area contributed by atoms with Gasteiger partial charge >= 0.3 is 5.97 Å². The maximum absolute atomic E-state index is 12.1. The van der Waals surface area contributed by atoms with Gasteiger partial charge in [-0.3, -0.25) is 10.1 Å². The fourth-order valence-corrected chi connectivity index (χ4v) is 1.27. The lowest BCUT2D eigenvalue weighted by Gasteiger charge is -2.12. The molecule has 0 spiro atoms. The predicted molar refractivity (Wildman–Crippen MR) is 60.6 cm³/mol. The molecule has 1 atom stereocenters. The van der Waals surface area contributed by atoms with Gasteiger partial charge in [-0.05, 0) is 12.1 Å². The molecule has 0 amide bonds. The van der Waals surface area contributed by atoms with Gasteiger partial charge in [-0.2, -0.15) is 0 Å². The maximum atomic E-state index is 12.1. The number of nitrogens with one attached hydrogen (secondary N) is 1. The van der Waals surface area contributed by atoms with Crippen molar-refractivity contribution in [3.8, 4) is 0 Å². The van der Waals surface area contributed by atoms with Crippen molar-refractivity contribution in [2.45, 2.75) is 12.5 Å². The van der Waals surface area contributed by atoms with Crippen LogP contribution in [0.3, 0.4) is 0 Å². The van der Waals surface area contributed by atoms with Crippen LogP contribution in [0.5, 0.6) is 0 Å². The SMILES string of the molecule is O=C(O)c1ccc(NCC(O)C(F)F)c([N+](=O)[O-])c1. The van der Waals surface area contributed by atoms with Crippen LogP contribution in [0, 0.1) is 10.1 Å². The minimum atomic E-state index is -2.98. The first-order valence-corrected chi connectivity index (χ1v) is 5.04. The van der Waals surface area contributed by atoms with E-state index in [1.807, 2.05) is 0 Å². The molecule has 1 unspecified atom stereocenters. The number of aliphatic hydroxyl groups is 1. The third-order valence-electron chi connectivity index (χ3n) is 2.23. The van der Waals surface area contributed by atoms with E-state index < -0.39 is 35.7 Å². The van der Waals surface area contributed by atoms with Crippen LogP contribution in [-0.4, -0.2) is 40.2 Å². The third kappa shape index (κ3) is 3.85. The number of carbonyl (C=O) groups is 1. The second-order valence-corrected chi connectivity index (χ2v) is 3.58. The van der Waals surface area contributed by atoms with E-state index in [2.05, 4.69) is 5.32 Å². The Morgan fingerprint density at radius 1 is 1.47 bits per heavy atom. The molecule has 3 N–H and O–H groups in total. The van der Waals surface area contributed by atoms with Gasteiger partial charge in [0.1, 0.15) is 11.8 Å². The number of nitro benzene ring substituents is 1. The van der Waals surface area contributed by atoms with Crippen LogP contribution >= 0.6 is 0 Å². The minimum Gasteiger partial charge on any atom is -0.478 e. The van der Waals surface area contributed by atoms with Crippen molar-refractivity contribution >= 4 is 17.3 Å². The standard InChI is InChI=1S/C10H10F2N2O5/c11-9(12)8(15)4-13-6-2-1-5(10(16)17)3-7(6)14(18)19/h1-3,8-9,13,15H,4H2,(H,16,17). The zero-order valence-electron chi connectivity index (χ0n) is 9.42. The van der Waals surface area contributed by atoms with Crippen molar-refractivity contribution in [2.24, 2.45) is 0 Å². The van der Waals surface area contributed by atoms with E-state index in [-0.39, 0.29) is 11.3 Å². The molecule has 0 saturated carbocycles. The molecule has 1 aromatic carbocycles. The number of alkyl halides is 2. The minimum absolute atomic E-state index is 0.144. The van der Waals surface area contributed by atoms with Gasteiger partial charge in [0.25, 0.3) is 12.1 Å². The van der Waals surface area contributed by atoms with Crippen LogP contribution < -0.4 is 5.32 Å². The molecule has 0 aromatic heterocycles. The number of nitro groups is 1. The lowest BCUT2D eigenvalue weighted by Crippen LogP contribution is -2.27. The second kappa shape index (κ2) is 6.05. The third-order valence-corrected chi connectivity index (χ3v) is 2.23. The number of aliphatic hydroxyl groups excluding tert-OH is 1. The Labute approximate surface area is 105 Å². The number of rotatable bonds is 6.